The molecule has 0 N–H and O–H groups in total. The van der Waals surface area contributed by atoms with Crippen LogP contribution in [0.3, 0.4) is 0 Å². The maximum absolute atomic E-state index is 3.35. The number of rotatable bonds is 3. The predicted octanol–water partition coefficient (Wildman–Crippen LogP) is 0.903. The molecule has 0 aromatic rings. The first-order chi connectivity index (χ1) is 6.43. The maximum atomic E-state index is 3.35. The zero-order valence-corrected chi connectivity index (χ0v) is 11.2. The Bertz CT molecular complexity index is 222. The summed E-state index contributed by atoms with van der Waals surface area (Å²) in [6.45, 7) is 0. The fourth-order valence-electron chi connectivity index (χ4n) is 1.34. The summed E-state index contributed by atoms with van der Waals surface area (Å²) in [6.07, 6.45) is 11.9. The Morgan fingerprint density at radius 3 is 2.79 bits per heavy atom. The van der Waals surface area contributed by atoms with Crippen molar-refractivity contribution in [2.24, 2.45) is 0 Å². The van der Waals surface area contributed by atoms with E-state index in [4.69, 9.17) is 0 Å². The van der Waals surface area contributed by atoms with Gasteiger partial charge in [-0.3, -0.25) is 6.08 Å². The maximum Gasteiger partial charge on any atom is 1.00 e. The molecule has 0 bridgehead atoms. The van der Waals surface area contributed by atoms with Gasteiger partial charge in [-0.15, -0.1) is 6.42 Å². The monoisotopic (exact) mass is 294 g/mol. The number of alkyl halides is 1. The molecule has 0 saturated heterocycles. The average molecular weight is 294 g/mol. The van der Waals surface area contributed by atoms with E-state index in [1.54, 1.807) is 0 Å². The van der Waals surface area contributed by atoms with Gasteiger partial charge in [-0.05, 0) is 23.7 Å². The largest absolute Gasteiger partial charge is 1.00 e. The molecular weight excluding hydrogens is 278 g/mol. The summed E-state index contributed by atoms with van der Waals surface area (Å²) in [5.41, 5.74) is 1.26. The molecule has 0 aromatic carbocycles. The molecule has 2 heteroatoms. The number of hydrogen-bond donors (Lipinski definition) is 0. The van der Waals surface area contributed by atoms with Crippen LogP contribution in [-0.2, 0) is 0 Å². The average Bonchev–Trinajstić information content (AvgIpc) is 2.19. The van der Waals surface area contributed by atoms with Crippen LogP contribution in [0.15, 0.2) is 5.57 Å². The van der Waals surface area contributed by atoms with Crippen LogP contribution in [0.1, 0.15) is 44.9 Å². The van der Waals surface area contributed by atoms with Crippen LogP contribution in [0.4, 0.5) is 0 Å². The van der Waals surface area contributed by atoms with Crippen molar-refractivity contribution in [2.75, 3.05) is 4.43 Å². The minimum Gasteiger partial charge on any atom is -0.304 e. The van der Waals surface area contributed by atoms with Gasteiger partial charge in [-0.1, -0.05) is 41.9 Å². The normalized spacial score (nSPS) is 14.8. The van der Waals surface area contributed by atoms with Crippen LogP contribution in [0.2, 0.25) is 0 Å². The third-order valence-electron chi connectivity index (χ3n) is 2.12. The minimum atomic E-state index is 0. The predicted molar refractivity (Wildman–Crippen MR) is 65.7 cm³/mol. The van der Waals surface area contributed by atoms with Crippen molar-refractivity contribution >= 4 is 22.6 Å². The molecule has 0 heterocycles. The first kappa shape index (κ1) is 14.6. The van der Waals surface area contributed by atoms with E-state index >= 15 is 0 Å². The molecule has 1 rings (SSSR count). The van der Waals surface area contributed by atoms with Crippen molar-refractivity contribution in [3.8, 4) is 11.8 Å². The number of allylic oxidation sites excluding steroid dienone is 2. The summed E-state index contributed by atoms with van der Waals surface area (Å²) in [5.74, 6) is 6.47. The van der Waals surface area contributed by atoms with Crippen LogP contribution in [0, 0.1) is 17.9 Å². The Labute approximate surface area is 114 Å². The minimum absolute atomic E-state index is 0. The summed E-state index contributed by atoms with van der Waals surface area (Å²) in [6, 6.07) is 0. The van der Waals surface area contributed by atoms with Crippen LogP contribution in [0.25, 0.3) is 0 Å². The van der Waals surface area contributed by atoms with Crippen molar-refractivity contribution in [3.05, 3.63) is 11.6 Å². The van der Waals surface area contributed by atoms with E-state index in [1.807, 2.05) is 0 Å². The molecule has 0 unspecified atom stereocenters. The third-order valence-corrected chi connectivity index (χ3v) is 2.88. The summed E-state index contributed by atoms with van der Waals surface area (Å²) in [5, 5.41) is 0. The van der Waals surface area contributed by atoms with Gasteiger partial charge in [0, 0.05) is 0 Å². The van der Waals surface area contributed by atoms with Gasteiger partial charge in [0.1, 0.15) is 0 Å². The number of halogens is 1. The summed E-state index contributed by atoms with van der Waals surface area (Å²) in [4.78, 5) is 0. The number of unbranched alkanes of at least 4 members (excludes halogenated alkanes) is 2. The zero-order chi connectivity index (χ0) is 9.36. The third kappa shape index (κ3) is 6.99. The van der Waals surface area contributed by atoms with E-state index in [0.717, 1.165) is 12.8 Å². The zero-order valence-electron chi connectivity index (χ0n) is 9.03. The van der Waals surface area contributed by atoms with Crippen LogP contribution in [0.5, 0.6) is 0 Å². The molecule has 1 aliphatic rings. The topological polar surface area (TPSA) is 0 Å². The van der Waals surface area contributed by atoms with Gasteiger partial charge in [0.15, 0.2) is 0 Å². The van der Waals surface area contributed by atoms with Gasteiger partial charge < -0.3 is 5.92 Å². The Morgan fingerprint density at radius 1 is 1.29 bits per heavy atom. The molecule has 0 radical (unpaired) electrons. The van der Waals surface area contributed by atoms with Crippen LogP contribution >= 0.6 is 22.6 Å². The fraction of sp³-hybridized carbons (Fsp3) is 0.667. The molecule has 1 aliphatic carbocycles. The summed E-state index contributed by atoms with van der Waals surface area (Å²) < 4.78 is 1.26. The first-order valence-electron chi connectivity index (χ1n) is 5.08. The van der Waals surface area contributed by atoms with E-state index in [-0.39, 0.29) is 18.9 Å². The Balaban J connectivity index is 0.00000169. The Hall–Kier alpha value is 0.627. The van der Waals surface area contributed by atoms with Gasteiger partial charge >= 0.3 is 18.9 Å². The van der Waals surface area contributed by atoms with E-state index in [9.17, 15) is 0 Å². The van der Waals surface area contributed by atoms with Gasteiger partial charge in [0.2, 0.25) is 0 Å². The van der Waals surface area contributed by atoms with Crippen LogP contribution < -0.4 is 18.9 Å². The molecule has 14 heavy (non-hydrogen) atoms. The molecule has 0 atom stereocenters. The van der Waals surface area contributed by atoms with E-state index < -0.39 is 0 Å². The van der Waals surface area contributed by atoms with Gasteiger partial charge in [0.25, 0.3) is 0 Å². The van der Waals surface area contributed by atoms with Crippen molar-refractivity contribution < 1.29 is 18.9 Å². The quantitative estimate of drug-likeness (QED) is 0.181. The van der Waals surface area contributed by atoms with E-state index in [0.29, 0.717) is 0 Å². The van der Waals surface area contributed by atoms with Crippen LogP contribution in [-0.4, -0.2) is 4.43 Å². The molecule has 0 saturated carbocycles. The first-order valence-corrected chi connectivity index (χ1v) is 6.60. The molecule has 0 aliphatic heterocycles. The fourth-order valence-corrected chi connectivity index (χ4v) is 1.88. The molecule has 0 fully saturated rings. The standard InChI is InChI=1S/C12H16I.Li/c13-11-7-2-1-4-8-12-9-5-3-6-10-12;/h1-3,5-7,9,11H2;/q-1;+1. The molecule has 0 aromatic heterocycles. The summed E-state index contributed by atoms with van der Waals surface area (Å²) >= 11 is 2.42. The summed E-state index contributed by atoms with van der Waals surface area (Å²) in [7, 11) is 0. The second kappa shape index (κ2) is 10.2. The van der Waals surface area contributed by atoms with E-state index in [2.05, 4.69) is 40.5 Å². The molecular formula is C12H16ILi. The van der Waals surface area contributed by atoms with Crippen molar-refractivity contribution in [3.63, 3.8) is 0 Å². The Morgan fingerprint density at radius 2 is 2.14 bits per heavy atom. The second-order valence-corrected chi connectivity index (χ2v) is 4.39. The smallest absolute Gasteiger partial charge is 0.304 e. The van der Waals surface area contributed by atoms with E-state index in [1.165, 1.54) is 42.1 Å². The van der Waals surface area contributed by atoms with Gasteiger partial charge in [-0.25, -0.2) is 5.92 Å². The molecule has 0 amide bonds. The number of hydrogen-bond acceptors (Lipinski definition) is 0. The molecule has 0 spiro atoms. The Kier molecular flexibility index (Phi) is 10.6. The van der Waals surface area contributed by atoms with Gasteiger partial charge in [0.05, 0.1) is 0 Å². The van der Waals surface area contributed by atoms with Crippen molar-refractivity contribution in [1.82, 2.24) is 0 Å². The second-order valence-electron chi connectivity index (χ2n) is 3.31. The molecule has 72 valence electrons. The van der Waals surface area contributed by atoms with Crippen molar-refractivity contribution in [2.45, 2.75) is 44.9 Å². The molecule has 0 nitrogen and oxygen atoms in total. The SMILES string of the molecule is ICCCCC#CC1=[C-]CCCC1.[Li+]. The van der Waals surface area contributed by atoms with Crippen molar-refractivity contribution in [1.29, 1.82) is 0 Å². The van der Waals surface area contributed by atoms with Gasteiger partial charge in [-0.2, -0.15) is 5.57 Å².